The van der Waals surface area contributed by atoms with Crippen LogP contribution in [0.5, 0.6) is 17.2 Å². The lowest BCUT2D eigenvalue weighted by Gasteiger charge is -2.30. The number of esters is 1. The molecule has 180 valence electrons. The fourth-order valence-electron chi connectivity index (χ4n) is 3.56. The molecule has 0 fully saturated rings. The molecule has 1 atom stereocenters. The Balaban J connectivity index is 2.27. The highest BCUT2D eigenvalue weighted by molar-refractivity contribution is 6.04. The van der Waals surface area contributed by atoms with Gasteiger partial charge in [0.2, 0.25) is 5.75 Å². The first-order valence-electron chi connectivity index (χ1n) is 10.3. The van der Waals surface area contributed by atoms with Gasteiger partial charge in [-0.15, -0.1) is 0 Å². The third-order valence-corrected chi connectivity index (χ3v) is 5.02. The third kappa shape index (κ3) is 4.87. The van der Waals surface area contributed by atoms with Crippen LogP contribution in [0.2, 0.25) is 0 Å². The van der Waals surface area contributed by atoms with Crippen LogP contribution in [-0.4, -0.2) is 44.4 Å². The summed E-state index contributed by atoms with van der Waals surface area (Å²) in [6.45, 7) is 3.38. The zero-order valence-electron chi connectivity index (χ0n) is 19.3. The highest BCUT2D eigenvalue weighted by Gasteiger charge is 2.37. The number of ether oxygens (including phenoxy) is 4. The van der Waals surface area contributed by atoms with E-state index in [1.54, 1.807) is 38.1 Å². The number of methoxy groups -OCH3 is 3. The summed E-state index contributed by atoms with van der Waals surface area (Å²) in [6.07, 6.45) is -0.449. The highest BCUT2D eigenvalue weighted by Crippen LogP contribution is 2.42. The zero-order valence-corrected chi connectivity index (χ0v) is 19.3. The molecule has 11 nitrogen and oxygen atoms in total. The lowest BCUT2D eigenvalue weighted by Crippen LogP contribution is -2.45. The number of nitro benzene ring substituents is 1. The molecule has 0 bridgehead atoms. The van der Waals surface area contributed by atoms with Gasteiger partial charge in [0.25, 0.3) is 0 Å². The third-order valence-electron chi connectivity index (χ3n) is 5.02. The van der Waals surface area contributed by atoms with Gasteiger partial charge in [0.05, 0.1) is 49.7 Å². The van der Waals surface area contributed by atoms with E-state index in [9.17, 15) is 19.7 Å². The van der Waals surface area contributed by atoms with Crippen molar-refractivity contribution in [3.8, 4) is 17.2 Å². The molecule has 0 aromatic heterocycles. The molecule has 2 N–H and O–H groups in total. The van der Waals surface area contributed by atoms with Gasteiger partial charge in [0.1, 0.15) is 5.75 Å². The number of amides is 2. The van der Waals surface area contributed by atoms with Gasteiger partial charge < -0.3 is 29.6 Å². The molecule has 2 aromatic rings. The van der Waals surface area contributed by atoms with Gasteiger partial charge in [-0.3, -0.25) is 10.1 Å². The van der Waals surface area contributed by atoms with Crippen LogP contribution < -0.4 is 24.8 Å². The minimum absolute atomic E-state index is 0.0694. The van der Waals surface area contributed by atoms with Gasteiger partial charge in [-0.2, -0.15) is 0 Å². The number of rotatable bonds is 8. The van der Waals surface area contributed by atoms with Crippen molar-refractivity contribution in [3.05, 3.63) is 63.2 Å². The Morgan fingerprint density at radius 3 is 2.26 bits per heavy atom. The Kier molecular flexibility index (Phi) is 7.24. The number of nitro groups is 1. The van der Waals surface area contributed by atoms with Crippen molar-refractivity contribution < 1.29 is 33.5 Å². The highest BCUT2D eigenvalue weighted by atomic mass is 16.6. The summed E-state index contributed by atoms with van der Waals surface area (Å²) in [7, 11) is 4.13. The van der Waals surface area contributed by atoms with Crippen LogP contribution in [0.25, 0.3) is 5.70 Å². The summed E-state index contributed by atoms with van der Waals surface area (Å²) >= 11 is 0. The Hall–Kier alpha value is -4.28. The molecule has 1 aliphatic heterocycles. The fourth-order valence-corrected chi connectivity index (χ4v) is 3.56. The lowest BCUT2D eigenvalue weighted by molar-refractivity contribution is -0.385. The molecule has 34 heavy (non-hydrogen) atoms. The number of urea groups is 1. The first-order valence-corrected chi connectivity index (χ1v) is 10.3. The molecule has 0 saturated heterocycles. The molecule has 1 unspecified atom stereocenters. The minimum atomic E-state index is -1.07. The first-order chi connectivity index (χ1) is 16.2. The van der Waals surface area contributed by atoms with Crippen LogP contribution in [0, 0.1) is 10.1 Å². The van der Waals surface area contributed by atoms with Crippen molar-refractivity contribution in [2.24, 2.45) is 0 Å². The van der Waals surface area contributed by atoms with Crippen molar-refractivity contribution in [1.29, 1.82) is 0 Å². The van der Waals surface area contributed by atoms with E-state index >= 15 is 0 Å². The van der Waals surface area contributed by atoms with Crippen LogP contribution in [-0.2, 0) is 9.53 Å². The Morgan fingerprint density at radius 2 is 1.74 bits per heavy atom. The van der Waals surface area contributed by atoms with Gasteiger partial charge in [-0.1, -0.05) is 0 Å². The maximum atomic E-state index is 13.2. The second-order valence-electron chi connectivity index (χ2n) is 7.54. The predicted octanol–water partition coefficient (Wildman–Crippen LogP) is 3.34. The molecular formula is C23H25N3O8. The van der Waals surface area contributed by atoms with Crippen LogP contribution >= 0.6 is 0 Å². The van der Waals surface area contributed by atoms with E-state index in [-0.39, 0.29) is 34.0 Å². The smallest absolute Gasteiger partial charge is 0.338 e. The van der Waals surface area contributed by atoms with Gasteiger partial charge in [0, 0.05) is 6.07 Å². The second kappa shape index (κ2) is 10.1. The van der Waals surface area contributed by atoms with Gasteiger partial charge in [-0.25, -0.2) is 9.59 Å². The van der Waals surface area contributed by atoms with Crippen molar-refractivity contribution >= 4 is 23.4 Å². The standard InChI is InChI=1S/C23H25N3O8/c1-12(2)34-22(27)18-19(13-6-8-15(31-3)9-7-13)24-23(28)25-20(18)14-10-16(26(29)30)21(33-5)17(11-14)32-4/h6-12,20H,1-5H3,(H2,24,25,28). The largest absolute Gasteiger partial charge is 0.497 e. The van der Waals surface area contributed by atoms with Crippen LogP contribution in [0.3, 0.4) is 0 Å². The molecular weight excluding hydrogens is 446 g/mol. The molecule has 1 aliphatic rings. The normalized spacial score (nSPS) is 15.4. The second-order valence-corrected chi connectivity index (χ2v) is 7.54. The first kappa shape index (κ1) is 24.4. The summed E-state index contributed by atoms with van der Waals surface area (Å²) in [5.74, 6) is -0.122. The summed E-state index contributed by atoms with van der Waals surface area (Å²) < 4.78 is 21.1. The summed E-state index contributed by atoms with van der Waals surface area (Å²) in [5.41, 5.74) is 0.652. The lowest BCUT2D eigenvalue weighted by atomic mass is 9.92. The van der Waals surface area contributed by atoms with Crippen molar-refractivity contribution in [3.63, 3.8) is 0 Å². The van der Waals surface area contributed by atoms with E-state index in [0.717, 1.165) is 0 Å². The van der Waals surface area contributed by atoms with Crippen LogP contribution in [0.4, 0.5) is 10.5 Å². The number of carbonyl (C=O) groups excluding carboxylic acids is 2. The van der Waals surface area contributed by atoms with E-state index in [4.69, 9.17) is 18.9 Å². The number of hydrogen-bond acceptors (Lipinski definition) is 8. The average molecular weight is 471 g/mol. The van der Waals surface area contributed by atoms with Gasteiger partial charge in [-0.05, 0) is 55.3 Å². The number of hydrogen-bond donors (Lipinski definition) is 2. The Morgan fingerprint density at radius 1 is 1.06 bits per heavy atom. The van der Waals surface area contributed by atoms with Crippen molar-refractivity contribution in [2.45, 2.75) is 26.0 Å². The number of carbonyl (C=O) groups is 2. The van der Waals surface area contributed by atoms with E-state index in [0.29, 0.717) is 11.3 Å². The van der Waals surface area contributed by atoms with E-state index in [1.165, 1.54) is 33.5 Å². The van der Waals surface area contributed by atoms with Crippen LogP contribution in [0.1, 0.15) is 31.0 Å². The maximum Gasteiger partial charge on any atom is 0.338 e. The molecule has 0 spiro atoms. The Labute approximate surface area is 195 Å². The molecule has 0 aliphatic carbocycles. The van der Waals surface area contributed by atoms with Crippen molar-refractivity contribution in [2.75, 3.05) is 21.3 Å². The number of nitrogens with one attached hydrogen (secondary N) is 2. The summed E-state index contributed by atoms with van der Waals surface area (Å²) in [4.78, 5) is 36.9. The maximum absolute atomic E-state index is 13.2. The van der Waals surface area contributed by atoms with E-state index in [1.807, 2.05) is 0 Å². The average Bonchev–Trinajstić information content (AvgIpc) is 2.81. The van der Waals surface area contributed by atoms with E-state index < -0.39 is 29.1 Å². The topological polar surface area (TPSA) is 138 Å². The molecule has 11 heteroatoms. The SMILES string of the molecule is COc1ccc(C2=C(C(=O)OC(C)C)C(c3cc(OC)c(OC)c([N+](=O)[O-])c3)NC(=O)N2)cc1. The monoisotopic (exact) mass is 471 g/mol. The van der Waals surface area contributed by atoms with Gasteiger partial charge in [0.15, 0.2) is 5.75 Å². The van der Waals surface area contributed by atoms with Gasteiger partial charge >= 0.3 is 17.7 Å². The summed E-state index contributed by atoms with van der Waals surface area (Å²) in [5, 5.41) is 17.0. The summed E-state index contributed by atoms with van der Waals surface area (Å²) in [6, 6.07) is 7.73. The fraction of sp³-hybridized carbons (Fsp3) is 0.304. The van der Waals surface area contributed by atoms with Crippen LogP contribution in [0.15, 0.2) is 42.0 Å². The molecule has 2 amide bonds. The van der Waals surface area contributed by atoms with Crippen molar-refractivity contribution in [1.82, 2.24) is 10.6 Å². The molecule has 0 saturated carbocycles. The zero-order chi connectivity index (χ0) is 25.0. The Bertz CT molecular complexity index is 1140. The molecule has 3 rings (SSSR count). The molecule has 1 heterocycles. The number of benzene rings is 2. The van der Waals surface area contributed by atoms with E-state index in [2.05, 4.69) is 10.6 Å². The number of nitrogens with zero attached hydrogens (tertiary/aromatic N) is 1. The molecule has 0 radical (unpaired) electrons. The predicted molar refractivity (Wildman–Crippen MR) is 122 cm³/mol. The minimum Gasteiger partial charge on any atom is -0.497 e. The quantitative estimate of drug-likeness (QED) is 0.340. The molecule has 2 aromatic carbocycles.